The lowest BCUT2D eigenvalue weighted by Crippen LogP contribution is -2.40. The highest BCUT2D eigenvalue weighted by Crippen LogP contribution is 2.30. The lowest BCUT2D eigenvalue weighted by atomic mass is 10.2. The number of nitrogens with zero attached hydrogens (tertiary/aromatic N) is 2. The van der Waals surface area contributed by atoms with Crippen LogP contribution in [0.2, 0.25) is 5.02 Å². The van der Waals surface area contributed by atoms with Crippen LogP contribution in [-0.4, -0.2) is 48.6 Å². The summed E-state index contributed by atoms with van der Waals surface area (Å²) in [7, 11) is 0. The third-order valence-electron chi connectivity index (χ3n) is 3.41. The second-order valence-corrected chi connectivity index (χ2v) is 7.37. The first-order valence-corrected chi connectivity index (χ1v) is 8.40. The molecule has 1 aromatic rings. The molecule has 0 spiro atoms. The number of nitrogens with one attached hydrogen (secondary N) is 1. The van der Waals surface area contributed by atoms with E-state index in [1.807, 2.05) is 4.90 Å². The van der Waals surface area contributed by atoms with Gasteiger partial charge in [-0.1, -0.05) is 11.6 Å². The maximum absolute atomic E-state index is 12.2. The molecule has 0 radical (unpaired) electrons. The van der Waals surface area contributed by atoms with E-state index in [0.29, 0.717) is 25.3 Å². The van der Waals surface area contributed by atoms with Crippen LogP contribution in [0.5, 0.6) is 5.75 Å². The van der Waals surface area contributed by atoms with Gasteiger partial charge in [-0.15, -0.1) is 0 Å². The molecule has 146 valence electrons. The van der Waals surface area contributed by atoms with Crippen LogP contribution < -0.4 is 15.0 Å². The molecule has 0 aliphatic carbocycles. The van der Waals surface area contributed by atoms with Crippen LogP contribution in [0.25, 0.3) is 0 Å². The molecular weight excluding hydrogens is 375 g/mol. The normalized spacial score (nSPS) is 18.0. The molecule has 1 unspecified atom stereocenters. The van der Waals surface area contributed by atoms with Crippen LogP contribution in [0.3, 0.4) is 0 Å². The number of halogens is 4. The number of alkyl carbamates (subject to hydrolysis) is 1. The molecule has 0 aromatic carbocycles. The van der Waals surface area contributed by atoms with Gasteiger partial charge in [0, 0.05) is 19.2 Å². The molecule has 1 aliphatic rings. The van der Waals surface area contributed by atoms with E-state index < -0.39 is 24.5 Å². The number of hydrogen-bond acceptors (Lipinski definition) is 5. The Morgan fingerprint density at radius 1 is 1.42 bits per heavy atom. The molecule has 0 saturated carbocycles. The molecule has 1 saturated heterocycles. The number of rotatable bonds is 4. The first kappa shape index (κ1) is 20.4. The molecule has 1 atom stereocenters. The zero-order valence-electron chi connectivity index (χ0n) is 14.7. The number of pyridine rings is 1. The van der Waals surface area contributed by atoms with Gasteiger partial charge in [0.1, 0.15) is 17.2 Å². The lowest BCUT2D eigenvalue weighted by Gasteiger charge is -2.22. The molecule has 1 N–H and O–H groups in total. The molecular formula is C16H21ClF3N3O3. The van der Waals surface area contributed by atoms with Gasteiger partial charge in [0.2, 0.25) is 0 Å². The van der Waals surface area contributed by atoms with Crippen LogP contribution in [-0.2, 0) is 4.74 Å². The fraction of sp³-hybridized carbons (Fsp3) is 0.625. The number of anilines is 1. The lowest BCUT2D eigenvalue weighted by molar-refractivity contribution is -0.153. The minimum atomic E-state index is -4.43. The highest BCUT2D eigenvalue weighted by molar-refractivity contribution is 6.33. The van der Waals surface area contributed by atoms with Gasteiger partial charge in [0.25, 0.3) is 0 Å². The fourth-order valence-corrected chi connectivity index (χ4v) is 2.71. The quantitative estimate of drug-likeness (QED) is 0.840. The Labute approximate surface area is 154 Å². The van der Waals surface area contributed by atoms with Gasteiger partial charge in [-0.25, -0.2) is 9.78 Å². The van der Waals surface area contributed by atoms with E-state index in [2.05, 4.69) is 15.0 Å². The third-order valence-corrected chi connectivity index (χ3v) is 3.69. The molecule has 1 amide bonds. The van der Waals surface area contributed by atoms with Gasteiger partial charge >= 0.3 is 12.3 Å². The van der Waals surface area contributed by atoms with E-state index in [1.54, 1.807) is 20.8 Å². The van der Waals surface area contributed by atoms with Gasteiger partial charge in [-0.2, -0.15) is 13.2 Å². The topological polar surface area (TPSA) is 63.7 Å². The summed E-state index contributed by atoms with van der Waals surface area (Å²) in [6.45, 7) is 4.99. The van der Waals surface area contributed by atoms with Gasteiger partial charge in [-0.05, 0) is 27.2 Å². The highest BCUT2D eigenvalue weighted by atomic mass is 35.5. The Morgan fingerprint density at radius 2 is 2.12 bits per heavy atom. The van der Waals surface area contributed by atoms with Crippen LogP contribution in [0.1, 0.15) is 27.2 Å². The van der Waals surface area contributed by atoms with E-state index in [1.165, 1.54) is 12.3 Å². The number of ether oxygens (including phenoxy) is 2. The molecule has 2 heterocycles. The summed E-state index contributed by atoms with van der Waals surface area (Å²) >= 11 is 6.12. The largest absolute Gasteiger partial charge is 0.482 e. The number of carbonyl (C=O) groups is 1. The van der Waals surface area contributed by atoms with Crippen molar-refractivity contribution in [3.63, 3.8) is 0 Å². The SMILES string of the molecule is CC(C)(C)OC(=O)NC1CCN(c2ncc(OCC(F)(F)F)cc2Cl)C1. The Bertz CT molecular complexity index is 650. The summed E-state index contributed by atoms with van der Waals surface area (Å²) in [5, 5.41) is 2.96. The number of carbonyl (C=O) groups excluding carboxylic acids is 1. The second kappa shape index (κ2) is 7.77. The smallest absolute Gasteiger partial charge is 0.422 e. The number of alkyl halides is 3. The predicted octanol–water partition coefficient (Wildman–Crippen LogP) is 3.78. The molecule has 2 rings (SSSR count). The molecule has 1 aromatic heterocycles. The van der Waals surface area contributed by atoms with Crippen molar-refractivity contribution in [2.24, 2.45) is 0 Å². The van der Waals surface area contributed by atoms with Crippen molar-refractivity contribution in [2.45, 2.75) is 45.0 Å². The molecule has 26 heavy (non-hydrogen) atoms. The maximum Gasteiger partial charge on any atom is 0.422 e. The summed E-state index contributed by atoms with van der Waals surface area (Å²) in [5.74, 6) is 0.373. The highest BCUT2D eigenvalue weighted by Gasteiger charge is 2.30. The zero-order chi connectivity index (χ0) is 19.5. The molecule has 10 heteroatoms. The van der Waals surface area contributed by atoms with Crippen molar-refractivity contribution in [1.82, 2.24) is 10.3 Å². The summed E-state index contributed by atoms with van der Waals surface area (Å²) in [5.41, 5.74) is -0.584. The van der Waals surface area contributed by atoms with Crippen LogP contribution >= 0.6 is 11.6 Å². The van der Waals surface area contributed by atoms with Crippen LogP contribution in [0.4, 0.5) is 23.8 Å². The third kappa shape index (κ3) is 6.44. The average Bonchev–Trinajstić information content (AvgIpc) is 2.90. The predicted molar refractivity (Wildman–Crippen MR) is 90.8 cm³/mol. The van der Waals surface area contributed by atoms with Crippen molar-refractivity contribution >= 4 is 23.5 Å². The van der Waals surface area contributed by atoms with Crippen LogP contribution in [0.15, 0.2) is 12.3 Å². The van der Waals surface area contributed by atoms with E-state index in [-0.39, 0.29) is 16.8 Å². The van der Waals surface area contributed by atoms with Crippen molar-refractivity contribution in [3.8, 4) is 5.75 Å². The fourth-order valence-electron chi connectivity index (χ4n) is 2.43. The van der Waals surface area contributed by atoms with Crippen molar-refractivity contribution < 1.29 is 27.4 Å². The number of aromatic nitrogens is 1. The molecule has 0 bridgehead atoms. The van der Waals surface area contributed by atoms with E-state index >= 15 is 0 Å². The minimum absolute atomic E-state index is 0.0568. The number of hydrogen-bond donors (Lipinski definition) is 1. The molecule has 1 aliphatic heterocycles. The standard InChI is InChI=1S/C16H21ClF3N3O3/c1-15(2,3)26-14(24)22-10-4-5-23(8-10)13-12(17)6-11(7-21-13)25-9-16(18,19)20/h6-7,10H,4-5,8-9H2,1-3H3,(H,22,24). The van der Waals surface area contributed by atoms with Crippen molar-refractivity contribution in [3.05, 3.63) is 17.3 Å². The van der Waals surface area contributed by atoms with Gasteiger partial charge in [0.15, 0.2) is 6.61 Å². The second-order valence-electron chi connectivity index (χ2n) is 6.96. The molecule has 6 nitrogen and oxygen atoms in total. The van der Waals surface area contributed by atoms with Gasteiger partial charge in [-0.3, -0.25) is 0 Å². The molecule has 1 fully saturated rings. The summed E-state index contributed by atoms with van der Waals surface area (Å²) < 4.78 is 46.4. The minimum Gasteiger partial charge on any atom is -0.482 e. The van der Waals surface area contributed by atoms with E-state index in [9.17, 15) is 18.0 Å². The summed E-state index contributed by atoms with van der Waals surface area (Å²) in [6, 6.07) is 1.16. The Balaban J connectivity index is 1.93. The summed E-state index contributed by atoms with van der Waals surface area (Å²) in [4.78, 5) is 17.8. The Morgan fingerprint density at radius 3 is 2.69 bits per heavy atom. The number of amides is 1. The Hall–Kier alpha value is -1.90. The van der Waals surface area contributed by atoms with Crippen LogP contribution in [0, 0.1) is 0 Å². The maximum atomic E-state index is 12.2. The van der Waals surface area contributed by atoms with Gasteiger partial charge < -0.3 is 19.7 Å². The first-order valence-electron chi connectivity index (χ1n) is 8.02. The van der Waals surface area contributed by atoms with E-state index in [0.717, 1.165) is 0 Å². The Kier molecular flexibility index (Phi) is 6.10. The van der Waals surface area contributed by atoms with E-state index in [4.69, 9.17) is 16.3 Å². The van der Waals surface area contributed by atoms with Crippen molar-refractivity contribution in [1.29, 1.82) is 0 Å². The van der Waals surface area contributed by atoms with Gasteiger partial charge in [0.05, 0.1) is 17.3 Å². The zero-order valence-corrected chi connectivity index (χ0v) is 15.4. The average molecular weight is 396 g/mol. The van der Waals surface area contributed by atoms with Crippen molar-refractivity contribution in [2.75, 3.05) is 24.6 Å². The first-order chi connectivity index (χ1) is 11.9. The monoisotopic (exact) mass is 395 g/mol. The summed E-state index contributed by atoms with van der Waals surface area (Å²) in [6.07, 6.45) is -3.06.